The quantitative estimate of drug-likeness (QED) is 0.863. The second kappa shape index (κ2) is 6.93. The molecule has 1 heterocycles. The Morgan fingerprint density at radius 1 is 1.24 bits per heavy atom. The largest absolute Gasteiger partial charge is 0.311 e. The van der Waals surface area contributed by atoms with E-state index >= 15 is 0 Å². The fourth-order valence-corrected chi connectivity index (χ4v) is 3.54. The number of hydrogen-bond donors (Lipinski definition) is 1. The first-order valence-electron chi connectivity index (χ1n) is 8.77. The molecular formula is C19H30N2. The van der Waals surface area contributed by atoms with Gasteiger partial charge in [-0.2, -0.15) is 0 Å². The van der Waals surface area contributed by atoms with Gasteiger partial charge in [-0.05, 0) is 36.7 Å². The molecule has 3 unspecified atom stereocenters. The van der Waals surface area contributed by atoms with Crippen LogP contribution < -0.4 is 5.32 Å². The highest BCUT2D eigenvalue weighted by Gasteiger charge is 2.37. The minimum absolute atomic E-state index is 0.663. The van der Waals surface area contributed by atoms with Crippen molar-refractivity contribution in [2.24, 2.45) is 11.8 Å². The molecule has 0 amide bonds. The molecule has 0 bridgehead atoms. The van der Waals surface area contributed by atoms with Crippen molar-refractivity contribution >= 4 is 0 Å². The highest BCUT2D eigenvalue weighted by molar-refractivity contribution is 5.16. The molecule has 1 saturated carbocycles. The molecule has 0 spiro atoms. The molecule has 3 atom stereocenters. The lowest BCUT2D eigenvalue weighted by Gasteiger charge is -2.42. The van der Waals surface area contributed by atoms with Crippen molar-refractivity contribution in [2.75, 3.05) is 19.6 Å². The molecular weight excluding hydrogens is 256 g/mol. The van der Waals surface area contributed by atoms with Crippen molar-refractivity contribution in [3.05, 3.63) is 35.9 Å². The van der Waals surface area contributed by atoms with E-state index in [1.54, 1.807) is 0 Å². The van der Waals surface area contributed by atoms with E-state index in [0.29, 0.717) is 6.04 Å². The lowest BCUT2D eigenvalue weighted by Crippen LogP contribution is -2.58. The molecule has 1 aromatic rings. The van der Waals surface area contributed by atoms with E-state index in [-0.39, 0.29) is 0 Å². The highest BCUT2D eigenvalue weighted by atomic mass is 15.2. The summed E-state index contributed by atoms with van der Waals surface area (Å²) in [5.41, 5.74) is 1.48. The summed E-state index contributed by atoms with van der Waals surface area (Å²) in [4.78, 5) is 2.78. The molecule has 3 rings (SSSR count). The molecule has 1 aromatic carbocycles. The second-order valence-corrected chi connectivity index (χ2v) is 7.16. The van der Waals surface area contributed by atoms with Gasteiger partial charge in [0.1, 0.15) is 0 Å². The van der Waals surface area contributed by atoms with Gasteiger partial charge >= 0.3 is 0 Å². The Morgan fingerprint density at radius 2 is 2.00 bits per heavy atom. The van der Waals surface area contributed by atoms with Gasteiger partial charge in [0.2, 0.25) is 0 Å². The zero-order valence-corrected chi connectivity index (χ0v) is 13.6. The topological polar surface area (TPSA) is 15.3 Å². The molecule has 2 heteroatoms. The Labute approximate surface area is 129 Å². The summed E-state index contributed by atoms with van der Waals surface area (Å²) in [7, 11) is 0. The molecule has 1 aliphatic heterocycles. The molecule has 1 N–H and O–H groups in total. The normalized spacial score (nSPS) is 28.5. The third-order valence-corrected chi connectivity index (χ3v) is 5.31. The number of nitrogens with one attached hydrogen (secondary N) is 1. The fourth-order valence-electron chi connectivity index (χ4n) is 3.54. The van der Waals surface area contributed by atoms with Crippen LogP contribution in [0.2, 0.25) is 0 Å². The summed E-state index contributed by atoms with van der Waals surface area (Å²) in [6.45, 7) is 8.39. The van der Waals surface area contributed by atoms with E-state index in [4.69, 9.17) is 0 Å². The van der Waals surface area contributed by atoms with Crippen LogP contribution in [0.15, 0.2) is 30.3 Å². The van der Waals surface area contributed by atoms with E-state index < -0.39 is 0 Å². The van der Waals surface area contributed by atoms with Crippen molar-refractivity contribution < 1.29 is 0 Å². The lowest BCUT2D eigenvalue weighted by molar-refractivity contribution is 0.105. The number of rotatable bonds is 6. The molecule has 1 saturated heterocycles. The van der Waals surface area contributed by atoms with Gasteiger partial charge < -0.3 is 5.32 Å². The second-order valence-electron chi connectivity index (χ2n) is 7.16. The zero-order valence-electron chi connectivity index (χ0n) is 13.6. The van der Waals surface area contributed by atoms with Gasteiger partial charge in [0, 0.05) is 31.7 Å². The van der Waals surface area contributed by atoms with Crippen LogP contribution in [0.1, 0.15) is 38.7 Å². The van der Waals surface area contributed by atoms with Gasteiger partial charge in [0.15, 0.2) is 0 Å². The highest BCUT2D eigenvalue weighted by Crippen LogP contribution is 2.34. The first kappa shape index (κ1) is 15.1. The van der Waals surface area contributed by atoms with Crippen molar-refractivity contribution in [3.63, 3.8) is 0 Å². The van der Waals surface area contributed by atoms with Crippen LogP contribution in [-0.2, 0) is 6.42 Å². The molecule has 2 aliphatic rings. The summed E-state index contributed by atoms with van der Waals surface area (Å²) in [5.74, 6) is 1.77. The van der Waals surface area contributed by atoms with Gasteiger partial charge in [0.25, 0.3) is 0 Å². The molecule has 116 valence electrons. The Bertz CT molecular complexity index is 426. The van der Waals surface area contributed by atoms with Gasteiger partial charge in [-0.1, -0.05) is 50.6 Å². The third kappa shape index (κ3) is 4.08. The summed E-state index contributed by atoms with van der Waals surface area (Å²) in [5, 5.41) is 3.83. The summed E-state index contributed by atoms with van der Waals surface area (Å²) in [6, 6.07) is 12.4. The number of hydrogen-bond acceptors (Lipinski definition) is 2. The SMILES string of the molecule is CCC(C)CN1CC(C2CC2)NCC1Cc1ccccc1. The molecule has 21 heavy (non-hydrogen) atoms. The summed E-state index contributed by atoms with van der Waals surface area (Å²) in [6.07, 6.45) is 5.36. The predicted octanol–water partition coefficient (Wildman–Crippen LogP) is 3.33. The van der Waals surface area contributed by atoms with Gasteiger partial charge in [-0.15, -0.1) is 0 Å². The Hall–Kier alpha value is -0.860. The minimum Gasteiger partial charge on any atom is -0.311 e. The Kier molecular flexibility index (Phi) is 4.97. The van der Waals surface area contributed by atoms with E-state index in [2.05, 4.69) is 54.4 Å². The Morgan fingerprint density at radius 3 is 2.67 bits per heavy atom. The first-order valence-corrected chi connectivity index (χ1v) is 8.77. The Balaban J connectivity index is 1.64. The van der Waals surface area contributed by atoms with Gasteiger partial charge in [-0.3, -0.25) is 4.90 Å². The van der Waals surface area contributed by atoms with Crippen molar-refractivity contribution in [3.8, 4) is 0 Å². The number of benzene rings is 1. The minimum atomic E-state index is 0.663. The molecule has 2 nitrogen and oxygen atoms in total. The van der Waals surface area contributed by atoms with Gasteiger partial charge in [-0.25, -0.2) is 0 Å². The van der Waals surface area contributed by atoms with Crippen LogP contribution in [0, 0.1) is 11.8 Å². The molecule has 0 radical (unpaired) electrons. The van der Waals surface area contributed by atoms with E-state index in [1.165, 1.54) is 44.3 Å². The third-order valence-electron chi connectivity index (χ3n) is 5.31. The first-order chi connectivity index (χ1) is 10.3. The standard InChI is InChI=1S/C19H30N2/c1-3-15(2)13-21-14-19(17-9-10-17)20-12-18(21)11-16-7-5-4-6-8-16/h4-8,15,17-20H,3,9-14H2,1-2H3. The van der Waals surface area contributed by atoms with Crippen molar-refractivity contribution in [1.82, 2.24) is 10.2 Å². The molecule has 0 aromatic heterocycles. The summed E-state index contributed by atoms with van der Waals surface area (Å²) >= 11 is 0. The molecule has 2 fully saturated rings. The predicted molar refractivity (Wildman–Crippen MR) is 89.5 cm³/mol. The van der Waals surface area contributed by atoms with Crippen LogP contribution in [0.25, 0.3) is 0 Å². The maximum absolute atomic E-state index is 3.83. The van der Waals surface area contributed by atoms with Crippen LogP contribution in [0.4, 0.5) is 0 Å². The fraction of sp³-hybridized carbons (Fsp3) is 0.684. The van der Waals surface area contributed by atoms with E-state index in [9.17, 15) is 0 Å². The maximum atomic E-state index is 3.83. The van der Waals surface area contributed by atoms with Crippen LogP contribution in [0.5, 0.6) is 0 Å². The van der Waals surface area contributed by atoms with Crippen LogP contribution in [-0.4, -0.2) is 36.6 Å². The van der Waals surface area contributed by atoms with Gasteiger partial charge in [0.05, 0.1) is 0 Å². The summed E-state index contributed by atoms with van der Waals surface area (Å²) < 4.78 is 0. The monoisotopic (exact) mass is 286 g/mol. The van der Waals surface area contributed by atoms with E-state index in [1.807, 2.05) is 0 Å². The average molecular weight is 286 g/mol. The smallest absolute Gasteiger partial charge is 0.0261 e. The number of piperazine rings is 1. The zero-order chi connectivity index (χ0) is 14.7. The van der Waals surface area contributed by atoms with Crippen LogP contribution >= 0.6 is 0 Å². The van der Waals surface area contributed by atoms with E-state index in [0.717, 1.165) is 24.4 Å². The average Bonchev–Trinajstić information content (AvgIpc) is 3.34. The van der Waals surface area contributed by atoms with Crippen molar-refractivity contribution in [2.45, 2.75) is 51.6 Å². The van der Waals surface area contributed by atoms with Crippen LogP contribution in [0.3, 0.4) is 0 Å². The number of nitrogens with zero attached hydrogens (tertiary/aromatic N) is 1. The maximum Gasteiger partial charge on any atom is 0.0261 e. The molecule has 1 aliphatic carbocycles. The van der Waals surface area contributed by atoms with Crippen molar-refractivity contribution in [1.29, 1.82) is 0 Å². The lowest BCUT2D eigenvalue weighted by atomic mass is 9.97.